The summed E-state index contributed by atoms with van der Waals surface area (Å²) in [5, 5.41) is 3.24. The average Bonchev–Trinajstić information content (AvgIpc) is 2.28. The molecular weight excluding hydrogens is 245 g/mol. The summed E-state index contributed by atoms with van der Waals surface area (Å²) in [7, 11) is 0. The summed E-state index contributed by atoms with van der Waals surface area (Å²) in [5.41, 5.74) is 3.14. The molecule has 0 radical (unpaired) electrons. The van der Waals surface area contributed by atoms with Crippen LogP contribution in [0.2, 0.25) is 0 Å². The van der Waals surface area contributed by atoms with E-state index in [1.54, 1.807) is 12.1 Å². The third-order valence-corrected chi connectivity index (χ3v) is 2.24. The number of nitrogens with zero attached hydrogens (tertiary/aromatic N) is 1. The van der Waals surface area contributed by atoms with Crippen molar-refractivity contribution in [1.82, 2.24) is 5.43 Å². The first kappa shape index (κ1) is 14.2. The molecule has 1 rings (SSSR count). The van der Waals surface area contributed by atoms with Crippen molar-refractivity contribution < 1.29 is 18.0 Å². The van der Waals surface area contributed by atoms with Gasteiger partial charge in [0.05, 0.1) is 6.21 Å². The summed E-state index contributed by atoms with van der Waals surface area (Å²) in [6, 6.07) is 7.16. The molecule has 1 N–H and O–H groups in total. The Hall–Kier alpha value is -1.85. The van der Waals surface area contributed by atoms with Gasteiger partial charge in [-0.2, -0.15) is 18.3 Å². The number of benzene rings is 1. The Labute approximate surface area is 103 Å². The van der Waals surface area contributed by atoms with E-state index in [4.69, 9.17) is 0 Å². The van der Waals surface area contributed by atoms with Gasteiger partial charge in [-0.15, -0.1) is 0 Å². The first-order chi connectivity index (χ1) is 8.30. The van der Waals surface area contributed by atoms with Crippen LogP contribution in [0.4, 0.5) is 13.2 Å². The van der Waals surface area contributed by atoms with E-state index in [9.17, 15) is 18.0 Å². The first-order valence-corrected chi connectivity index (χ1v) is 5.31. The number of carbonyl (C=O) groups excluding carboxylic acids is 1. The van der Waals surface area contributed by atoms with Gasteiger partial charge in [-0.3, -0.25) is 4.79 Å². The molecule has 0 unspecified atom stereocenters. The largest absolute Gasteiger partial charge is 0.473 e. The van der Waals surface area contributed by atoms with Gasteiger partial charge in [0.25, 0.3) is 0 Å². The lowest BCUT2D eigenvalue weighted by atomic mass is 10.0. The molecule has 0 saturated carbocycles. The van der Waals surface area contributed by atoms with Gasteiger partial charge in [0.15, 0.2) is 0 Å². The summed E-state index contributed by atoms with van der Waals surface area (Å²) >= 11 is 0. The number of rotatable bonds is 3. The predicted octanol–water partition coefficient (Wildman–Crippen LogP) is 2.82. The van der Waals surface area contributed by atoms with Crippen molar-refractivity contribution in [2.45, 2.75) is 25.9 Å². The van der Waals surface area contributed by atoms with Gasteiger partial charge < -0.3 is 0 Å². The predicted molar refractivity (Wildman–Crippen MR) is 62.3 cm³/mol. The molecule has 3 nitrogen and oxygen atoms in total. The number of hydrogen-bond acceptors (Lipinski definition) is 2. The maximum Gasteiger partial charge on any atom is 0.473 e. The molecule has 0 aliphatic heterocycles. The normalized spacial score (nSPS) is 12.1. The van der Waals surface area contributed by atoms with E-state index >= 15 is 0 Å². The van der Waals surface area contributed by atoms with E-state index in [1.807, 2.05) is 26.0 Å². The fraction of sp³-hybridized carbons (Fsp3) is 0.333. The fourth-order valence-corrected chi connectivity index (χ4v) is 1.20. The molecule has 0 heterocycles. The Morgan fingerprint density at radius 2 is 1.83 bits per heavy atom. The van der Waals surface area contributed by atoms with Gasteiger partial charge in [0.1, 0.15) is 0 Å². The van der Waals surface area contributed by atoms with E-state index in [1.165, 1.54) is 5.43 Å². The Kier molecular flexibility index (Phi) is 4.47. The minimum absolute atomic E-state index is 0.376. The molecule has 0 aliphatic rings. The highest BCUT2D eigenvalue weighted by Gasteiger charge is 2.38. The number of halogens is 3. The van der Waals surface area contributed by atoms with E-state index in [-0.39, 0.29) is 0 Å². The van der Waals surface area contributed by atoms with Crippen molar-refractivity contribution >= 4 is 12.1 Å². The van der Waals surface area contributed by atoms with Crippen molar-refractivity contribution in [3.05, 3.63) is 35.4 Å². The first-order valence-electron chi connectivity index (χ1n) is 5.31. The number of amides is 1. The lowest BCUT2D eigenvalue weighted by Crippen LogP contribution is -2.33. The summed E-state index contributed by atoms with van der Waals surface area (Å²) in [4.78, 5) is 10.4. The SMILES string of the molecule is CC(C)c1ccc(C=NNC(=O)C(F)(F)F)cc1. The third-order valence-electron chi connectivity index (χ3n) is 2.24. The molecule has 1 amide bonds. The van der Waals surface area contributed by atoms with Gasteiger partial charge in [-0.1, -0.05) is 38.1 Å². The molecule has 0 spiro atoms. The quantitative estimate of drug-likeness (QED) is 0.657. The van der Waals surface area contributed by atoms with Crippen LogP contribution in [0.15, 0.2) is 29.4 Å². The van der Waals surface area contributed by atoms with Gasteiger partial charge in [0.2, 0.25) is 0 Å². The number of hydrogen-bond donors (Lipinski definition) is 1. The minimum Gasteiger partial charge on any atom is -0.263 e. The Bertz CT molecular complexity index is 436. The van der Waals surface area contributed by atoms with Crippen LogP contribution in [-0.4, -0.2) is 18.3 Å². The van der Waals surface area contributed by atoms with Crippen molar-refractivity contribution in [3.63, 3.8) is 0 Å². The average molecular weight is 258 g/mol. The lowest BCUT2D eigenvalue weighted by molar-refractivity contribution is -0.173. The van der Waals surface area contributed by atoms with Crippen LogP contribution in [0.3, 0.4) is 0 Å². The molecule has 0 atom stereocenters. The van der Waals surface area contributed by atoms with E-state index in [0.29, 0.717) is 11.5 Å². The molecule has 1 aromatic carbocycles. The van der Waals surface area contributed by atoms with Crippen LogP contribution < -0.4 is 5.43 Å². The second kappa shape index (κ2) is 5.66. The molecule has 6 heteroatoms. The monoisotopic (exact) mass is 258 g/mol. The highest BCUT2D eigenvalue weighted by Crippen LogP contribution is 2.15. The number of alkyl halides is 3. The molecule has 0 aliphatic carbocycles. The van der Waals surface area contributed by atoms with Crippen molar-refractivity contribution in [3.8, 4) is 0 Å². The molecular formula is C12H13F3N2O. The minimum atomic E-state index is -4.92. The summed E-state index contributed by atoms with van der Waals surface area (Å²) < 4.78 is 35.5. The van der Waals surface area contributed by atoms with Gasteiger partial charge in [0, 0.05) is 0 Å². The standard InChI is InChI=1S/C12H13F3N2O/c1-8(2)10-5-3-9(4-6-10)7-16-17-11(18)12(13,14)15/h3-8H,1-2H3,(H,17,18). The lowest BCUT2D eigenvalue weighted by Gasteiger charge is -2.05. The Morgan fingerprint density at radius 3 is 2.28 bits per heavy atom. The van der Waals surface area contributed by atoms with Crippen molar-refractivity contribution in [2.24, 2.45) is 5.10 Å². The molecule has 0 aromatic heterocycles. The topological polar surface area (TPSA) is 41.5 Å². The third kappa shape index (κ3) is 4.20. The molecule has 0 bridgehead atoms. The van der Waals surface area contributed by atoms with Crippen LogP contribution in [0, 0.1) is 0 Å². The zero-order valence-electron chi connectivity index (χ0n) is 9.95. The van der Waals surface area contributed by atoms with Gasteiger partial charge in [-0.05, 0) is 17.0 Å². The maximum atomic E-state index is 11.8. The van der Waals surface area contributed by atoms with Gasteiger partial charge >= 0.3 is 12.1 Å². The van der Waals surface area contributed by atoms with E-state index in [2.05, 4.69) is 5.10 Å². The van der Waals surface area contributed by atoms with Crippen molar-refractivity contribution in [1.29, 1.82) is 0 Å². The number of hydrazone groups is 1. The smallest absolute Gasteiger partial charge is 0.263 e. The van der Waals surface area contributed by atoms with Crippen molar-refractivity contribution in [2.75, 3.05) is 0 Å². The highest BCUT2D eigenvalue weighted by molar-refractivity contribution is 5.84. The van der Waals surface area contributed by atoms with Crippen LogP contribution in [0.25, 0.3) is 0 Å². The molecule has 18 heavy (non-hydrogen) atoms. The van der Waals surface area contributed by atoms with Crippen LogP contribution in [0.1, 0.15) is 30.9 Å². The number of nitrogens with one attached hydrogen (secondary N) is 1. The highest BCUT2D eigenvalue weighted by atomic mass is 19.4. The van der Waals surface area contributed by atoms with Crippen LogP contribution >= 0.6 is 0 Å². The summed E-state index contributed by atoms with van der Waals surface area (Å²) in [5.74, 6) is -1.71. The van der Waals surface area contributed by atoms with Crippen LogP contribution in [0.5, 0.6) is 0 Å². The van der Waals surface area contributed by atoms with E-state index < -0.39 is 12.1 Å². The second-order valence-electron chi connectivity index (χ2n) is 4.02. The van der Waals surface area contributed by atoms with Gasteiger partial charge in [-0.25, -0.2) is 5.43 Å². The summed E-state index contributed by atoms with van der Waals surface area (Å²) in [6.45, 7) is 4.07. The second-order valence-corrected chi connectivity index (χ2v) is 4.02. The van der Waals surface area contributed by atoms with Crippen LogP contribution in [-0.2, 0) is 4.79 Å². The molecule has 0 saturated heterocycles. The zero-order valence-corrected chi connectivity index (χ0v) is 9.95. The fourth-order valence-electron chi connectivity index (χ4n) is 1.20. The number of carbonyl (C=O) groups is 1. The molecule has 1 aromatic rings. The molecule has 98 valence electrons. The molecule has 0 fully saturated rings. The summed E-state index contributed by atoms with van der Waals surface area (Å²) in [6.07, 6.45) is -3.76. The Morgan fingerprint density at radius 1 is 1.28 bits per heavy atom. The zero-order chi connectivity index (χ0) is 13.8. The van der Waals surface area contributed by atoms with E-state index in [0.717, 1.165) is 11.8 Å². The Balaban J connectivity index is 2.60. The maximum absolute atomic E-state index is 11.8.